The van der Waals surface area contributed by atoms with Crippen molar-refractivity contribution in [2.75, 3.05) is 27.4 Å². The molecule has 0 aliphatic heterocycles. The zero-order valence-electron chi connectivity index (χ0n) is 14.7. The first-order chi connectivity index (χ1) is 12.0. The highest BCUT2D eigenvalue weighted by Gasteiger charge is 2.19. The number of hydrogen-bond donors (Lipinski definition) is 0. The summed E-state index contributed by atoms with van der Waals surface area (Å²) < 4.78 is 9.75. The first-order valence-electron chi connectivity index (χ1n) is 7.92. The highest BCUT2D eigenvalue weighted by atomic mass is 32.1. The number of hydrogen-bond acceptors (Lipinski definition) is 6. The van der Waals surface area contributed by atoms with E-state index in [4.69, 9.17) is 4.74 Å². The van der Waals surface area contributed by atoms with Crippen LogP contribution in [0.1, 0.15) is 37.8 Å². The summed E-state index contributed by atoms with van der Waals surface area (Å²) >= 11 is 1.34. The lowest BCUT2D eigenvalue weighted by atomic mass is 10.1. The summed E-state index contributed by atoms with van der Waals surface area (Å²) in [6, 6.07) is 7.48. The molecular weight excluding hydrogens is 340 g/mol. The molecule has 0 atom stereocenters. The molecule has 0 aliphatic carbocycles. The summed E-state index contributed by atoms with van der Waals surface area (Å²) in [6.07, 6.45) is 0.726. The maximum Gasteiger partial charge on any atom is 0.357 e. The van der Waals surface area contributed by atoms with E-state index in [1.54, 1.807) is 17.4 Å². The second kappa shape index (κ2) is 9.29. The van der Waals surface area contributed by atoms with E-state index in [1.165, 1.54) is 18.4 Å². The van der Waals surface area contributed by atoms with Crippen molar-refractivity contribution in [3.05, 3.63) is 51.5 Å². The Morgan fingerprint density at radius 1 is 1.20 bits per heavy atom. The lowest BCUT2D eigenvalue weighted by Crippen LogP contribution is -2.32. The molecule has 2 rings (SSSR count). The van der Waals surface area contributed by atoms with Crippen molar-refractivity contribution in [1.82, 2.24) is 9.88 Å². The number of benzene rings is 1. The van der Waals surface area contributed by atoms with Gasteiger partial charge in [-0.05, 0) is 25.5 Å². The van der Waals surface area contributed by atoms with E-state index in [-0.39, 0.29) is 11.6 Å². The van der Waals surface area contributed by atoms with Gasteiger partial charge in [0.05, 0.1) is 13.7 Å². The van der Waals surface area contributed by atoms with Gasteiger partial charge < -0.3 is 14.4 Å². The van der Waals surface area contributed by atoms with Gasteiger partial charge in [-0.2, -0.15) is 0 Å². The van der Waals surface area contributed by atoms with Crippen LogP contribution in [0, 0.1) is 6.92 Å². The molecule has 0 unspecified atom stereocenters. The van der Waals surface area contributed by atoms with Crippen LogP contribution in [0.25, 0.3) is 0 Å². The molecule has 7 heteroatoms. The van der Waals surface area contributed by atoms with Crippen molar-refractivity contribution in [2.45, 2.75) is 19.9 Å². The van der Waals surface area contributed by atoms with Crippen LogP contribution in [-0.2, 0) is 16.0 Å². The number of aryl methyl sites for hydroxylation is 1. The molecule has 0 N–H and O–H groups in total. The molecule has 25 heavy (non-hydrogen) atoms. The molecule has 0 fully saturated rings. The van der Waals surface area contributed by atoms with Crippen molar-refractivity contribution >= 4 is 23.2 Å². The van der Waals surface area contributed by atoms with Crippen LogP contribution < -0.4 is 0 Å². The minimum absolute atomic E-state index is 0.0640. The Hall–Kier alpha value is -2.25. The Kier molecular flexibility index (Phi) is 7.09. The smallest absolute Gasteiger partial charge is 0.357 e. The van der Waals surface area contributed by atoms with Crippen LogP contribution in [0.3, 0.4) is 0 Å². The van der Waals surface area contributed by atoms with Gasteiger partial charge in [-0.15, -0.1) is 11.3 Å². The molecule has 1 aromatic carbocycles. The molecule has 1 aromatic heterocycles. The van der Waals surface area contributed by atoms with Gasteiger partial charge in [-0.25, -0.2) is 9.78 Å². The quantitative estimate of drug-likeness (QED) is 0.533. The van der Waals surface area contributed by atoms with E-state index in [1.807, 2.05) is 31.2 Å². The topological polar surface area (TPSA) is 68.7 Å². The van der Waals surface area contributed by atoms with Gasteiger partial charge in [-0.3, -0.25) is 4.79 Å². The summed E-state index contributed by atoms with van der Waals surface area (Å²) in [5.74, 6) is -0.538. The van der Waals surface area contributed by atoms with Crippen LogP contribution in [-0.4, -0.2) is 49.1 Å². The second-order valence-electron chi connectivity index (χ2n) is 5.56. The number of amides is 1. The monoisotopic (exact) mass is 362 g/mol. The van der Waals surface area contributed by atoms with E-state index in [0.29, 0.717) is 30.3 Å². The van der Waals surface area contributed by atoms with E-state index >= 15 is 0 Å². The highest BCUT2D eigenvalue weighted by Crippen LogP contribution is 2.16. The van der Waals surface area contributed by atoms with Gasteiger partial charge in [0.2, 0.25) is 0 Å². The normalized spacial score (nSPS) is 10.5. The SMILES string of the molecule is COCCCN(Cc1nc(C(=O)OC)cs1)C(=O)c1ccc(C)cc1. The summed E-state index contributed by atoms with van der Waals surface area (Å²) in [7, 11) is 2.95. The van der Waals surface area contributed by atoms with Crippen molar-refractivity contribution in [3.63, 3.8) is 0 Å². The Labute approximate surface area is 151 Å². The fourth-order valence-corrected chi connectivity index (χ4v) is 3.05. The van der Waals surface area contributed by atoms with Crippen molar-refractivity contribution in [2.24, 2.45) is 0 Å². The van der Waals surface area contributed by atoms with Gasteiger partial charge in [-0.1, -0.05) is 17.7 Å². The van der Waals surface area contributed by atoms with Crippen LogP contribution >= 0.6 is 11.3 Å². The molecule has 0 saturated carbocycles. The number of aromatic nitrogens is 1. The minimum atomic E-state index is -0.474. The minimum Gasteiger partial charge on any atom is -0.464 e. The molecule has 0 aliphatic rings. The fourth-order valence-electron chi connectivity index (χ4n) is 2.28. The predicted molar refractivity (Wildman–Crippen MR) is 95.9 cm³/mol. The number of rotatable bonds is 8. The third-order valence-corrected chi connectivity index (χ3v) is 4.47. The summed E-state index contributed by atoms with van der Waals surface area (Å²) in [5, 5.41) is 2.34. The average molecular weight is 362 g/mol. The number of thiazole rings is 1. The zero-order valence-corrected chi connectivity index (χ0v) is 15.5. The van der Waals surface area contributed by atoms with Crippen LogP contribution in [0.15, 0.2) is 29.6 Å². The summed E-state index contributed by atoms with van der Waals surface area (Å²) in [4.78, 5) is 30.3. The molecule has 0 bridgehead atoms. The van der Waals surface area contributed by atoms with Gasteiger partial charge in [0.15, 0.2) is 5.69 Å². The number of carbonyl (C=O) groups excluding carboxylic acids is 2. The fraction of sp³-hybridized carbons (Fsp3) is 0.389. The van der Waals surface area contributed by atoms with E-state index in [9.17, 15) is 9.59 Å². The Morgan fingerprint density at radius 2 is 1.92 bits per heavy atom. The molecule has 6 nitrogen and oxygen atoms in total. The largest absolute Gasteiger partial charge is 0.464 e. The standard InChI is InChI=1S/C18H22N2O4S/c1-13-5-7-14(8-6-13)17(21)20(9-4-10-23-2)11-16-19-15(12-25-16)18(22)24-3/h5-8,12H,4,9-11H2,1-3H3. The number of methoxy groups -OCH3 is 2. The molecule has 2 aromatic rings. The number of carbonyl (C=O) groups is 2. The van der Waals surface area contributed by atoms with Crippen molar-refractivity contribution in [3.8, 4) is 0 Å². The number of ether oxygens (including phenoxy) is 2. The average Bonchev–Trinajstić information content (AvgIpc) is 3.09. The molecular formula is C18H22N2O4S. The summed E-state index contributed by atoms with van der Waals surface area (Å²) in [5.41, 5.74) is 2.00. The van der Waals surface area contributed by atoms with Crippen molar-refractivity contribution < 1.29 is 19.1 Å². The lowest BCUT2D eigenvalue weighted by Gasteiger charge is -2.21. The third kappa shape index (κ3) is 5.37. The Bertz CT molecular complexity index is 712. The van der Waals surface area contributed by atoms with Gasteiger partial charge in [0.25, 0.3) is 5.91 Å². The Balaban J connectivity index is 2.14. The van der Waals surface area contributed by atoms with Crippen molar-refractivity contribution in [1.29, 1.82) is 0 Å². The molecule has 0 radical (unpaired) electrons. The lowest BCUT2D eigenvalue weighted by molar-refractivity contribution is 0.0594. The molecule has 1 heterocycles. The van der Waals surface area contributed by atoms with E-state index in [2.05, 4.69) is 9.72 Å². The number of nitrogens with zero attached hydrogens (tertiary/aromatic N) is 2. The van der Waals surface area contributed by atoms with E-state index in [0.717, 1.165) is 12.0 Å². The zero-order chi connectivity index (χ0) is 18.2. The van der Waals surface area contributed by atoms with Crippen LogP contribution in [0.5, 0.6) is 0 Å². The highest BCUT2D eigenvalue weighted by molar-refractivity contribution is 7.09. The molecule has 134 valence electrons. The van der Waals surface area contributed by atoms with Crippen LogP contribution in [0.2, 0.25) is 0 Å². The molecule has 1 amide bonds. The first-order valence-corrected chi connectivity index (χ1v) is 8.80. The van der Waals surface area contributed by atoms with Gasteiger partial charge in [0.1, 0.15) is 5.01 Å². The number of esters is 1. The molecule has 0 saturated heterocycles. The van der Waals surface area contributed by atoms with E-state index < -0.39 is 5.97 Å². The molecule has 0 spiro atoms. The maximum atomic E-state index is 12.8. The third-order valence-electron chi connectivity index (χ3n) is 3.63. The second-order valence-corrected chi connectivity index (χ2v) is 6.50. The van der Waals surface area contributed by atoms with Crippen LogP contribution in [0.4, 0.5) is 0 Å². The maximum absolute atomic E-state index is 12.8. The predicted octanol–water partition coefficient (Wildman–Crippen LogP) is 2.92. The Morgan fingerprint density at radius 3 is 2.56 bits per heavy atom. The summed E-state index contributed by atoms with van der Waals surface area (Å²) in [6.45, 7) is 3.45. The first kappa shape index (κ1) is 19.1. The van der Waals surface area contributed by atoms with Gasteiger partial charge in [0, 0.05) is 31.2 Å². The van der Waals surface area contributed by atoms with Gasteiger partial charge >= 0.3 is 5.97 Å².